The number of nitrogens with zero attached hydrogens (tertiary/aromatic N) is 1. The molecule has 0 radical (unpaired) electrons. The molecule has 2 aliphatic heterocycles. The van der Waals surface area contributed by atoms with E-state index in [1.165, 1.54) is 89.1 Å². The molecule has 0 aliphatic carbocycles. The van der Waals surface area contributed by atoms with Gasteiger partial charge in [-0.25, -0.2) is 4.79 Å². The minimum absolute atomic E-state index is 0.00690. The van der Waals surface area contributed by atoms with Gasteiger partial charge in [0.15, 0.2) is 0 Å². The number of carbonyl (C=O) groups is 3. The number of likely N-dealkylation sites (tertiary alicyclic amines) is 1. The summed E-state index contributed by atoms with van der Waals surface area (Å²) in [5, 5.41) is 10.9. The third kappa shape index (κ3) is 9.35. The van der Waals surface area contributed by atoms with Crippen LogP contribution in [-0.2, 0) is 23.9 Å². The van der Waals surface area contributed by atoms with E-state index >= 15 is 0 Å². The highest BCUT2D eigenvalue weighted by atomic mass is 16.6. The molecule has 2 saturated heterocycles. The van der Waals surface area contributed by atoms with Crippen molar-refractivity contribution in [2.75, 3.05) is 13.7 Å². The molecule has 1 amide bonds. The van der Waals surface area contributed by atoms with Crippen LogP contribution in [0.4, 0.5) is 0 Å². The number of ether oxygens (including phenoxy) is 2. The standard InChI is InChI=1S/C29H51NO6/c1-4-5-6-7-8-9-10-11-12-13-14-15-16-17-18-21-29(2)26(32)23(27(33)36-29)22-30-24(28(34)35-3)19-20-25(30)31/h23-24,26,32H,4-22H2,1-3H3. The van der Waals surface area contributed by atoms with E-state index in [1.807, 2.05) is 0 Å². The fraction of sp³-hybridized carbons (Fsp3) is 0.897. The second-order valence-corrected chi connectivity index (χ2v) is 11.1. The van der Waals surface area contributed by atoms with E-state index in [1.54, 1.807) is 6.92 Å². The van der Waals surface area contributed by atoms with E-state index in [9.17, 15) is 19.5 Å². The van der Waals surface area contributed by atoms with E-state index < -0.39 is 35.6 Å². The Morgan fingerprint density at radius 1 is 0.944 bits per heavy atom. The summed E-state index contributed by atoms with van der Waals surface area (Å²) in [6, 6.07) is -0.690. The van der Waals surface area contributed by atoms with Gasteiger partial charge in [0.1, 0.15) is 23.7 Å². The zero-order valence-electron chi connectivity index (χ0n) is 23.1. The molecule has 2 aliphatic rings. The van der Waals surface area contributed by atoms with Crippen molar-refractivity contribution < 1.29 is 29.0 Å². The highest BCUT2D eigenvalue weighted by Crippen LogP contribution is 2.37. The smallest absolute Gasteiger partial charge is 0.328 e. The van der Waals surface area contributed by atoms with Crippen LogP contribution in [0, 0.1) is 5.92 Å². The Morgan fingerprint density at radius 3 is 1.94 bits per heavy atom. The Morgan fingerprint density at radius 2 is 1.44 bits per heavy atom. The lowest BCUT2D eigenvalue weighted by Crippen LogP contribution is -2.47. The van der Waals surface area contributed by atoms with Gasteiger partial charge >= 0.3 is 11.9 Å². The first kappa shape index (κ1) is 30.6. The number of aliphatic hydroxyl groups excluding tert-OH is 1. The summed E-state index contributed by atoms with van der Waals surface area (Å²) < 4.78 is 10.4. The van der Waals surface area contributed by atoms with Gasteiger partial charge in [-0.05, 0) is 26.2 Å². The van der Waals surface area contributed by atoms with Crippen LogP contribution in [0.5, 0.6) is 0 Å². The number of cyclic esters (lactones) is 1. The number of unbranched alkanes of at least 4 members (excludes halogenated alkanes) is 14. The third-order valence-electron chi connectivity index (χ3n) is 8.11. The molecule has 2 rings (SSSR count). The Balaban J connectivity index is 1.58. The van der Waals surface area contributed by atoms with Gasteiger partial charge in [0.05, 0.1) is 7.11 Å². The lowest BCUT2D eigenvalue weighted by molar-refractivity contribution is -0.153. The molecule has 2 heterocycles. The lowest BCUT2D eigenvalue weighted by Gasteiger charge is -2.29. The minimum Gasteiger partial charge on any atom is -0.467 e. The van der Waals surface area contributed by atoms with Gasteiger partial charge in [-0.15, -0.1) is 0 Å². The van der Waals surface area contributed by atoms with Gasteiger partial charge in [0, 0.05) is 13.0 Å². The first-order valence-corrected chi connectivity index (χ1v) is 14.6. The Kier molecular flexibility index (Phi) is 13.8. The number of methoxy groups -OCH3 is 1. The van der Waals surface area contributed by atoms with Crippen molar-refractivity contribution in [3.63, 3.8) is 0 Å². The van der Waals surface area contributed by atoms with Crippen molar-refractivity contribution in [2.24, 2.45) is 5.92 Å². The van der Waals surface area contributed by atoms with Crippen LogP contribution in [-0.4, -0.2) is 59.3 Å². The van der Waals surface area contributed by atoms with Crippen LogP contribution in [0.25, 0.3) is 0 Å². The normalized spacial score (nSPS) is 26.0. The predicted molar refractivity (Wildman–Crippen MR) is 140 cm³/mol. The predicted octanol–water partition coefficient (Wildman–Crippen LogP) is 5.70. The molecule has 36 heavy (non-hydrogen) atoms. The maximum atomic E-state index is 12.6. The van der Waals surface area contributed by atoms with Gasteiger partial charge in [0.2, 0.25) is 5.91 Å². The van der Waals surface area contributed by atoms with E-state index in [4.69, 9.17) is 9.47 Å². The molecule has 0 saturated carbocycles. The summed E-state index contributed by atoms with van der Waals surface area (Å²) >= 11 is 0. The number of aliphatic hydroxyl groups is 1. The molecule has 0 spiro atoms. The van der Waals surface area contributed by atoms with Crippen molar-refractivity contribution in [1.82, 2.24) is 4.90 Å². The number of carbonyl (C=O) groups excluding carboxylic acids is 3. The first-order valence-electron chi connectivity index (χ1n) is 14.6. The summed E-state index contributed by atoms with van der Waals surface area (Å²) in [7, 11) is 1.29. The van der Waals surface area contributed by atoms with Crippen molar-refractivity contribution in [1.29, 1.82) is 0 Å². The molecule has 208 valence electrons. The molecule has 7 heteroatoms. The summed E-state index contributed by atoms with van der Waals surface area (Å²) in [4.78, 5) is 38.2. The Bertz CT molecular complexity index is 683. The monoisotopic (exact) mass is 509 g/mol. The number of esters is 2. The molecule has 4 unspecified atom stereocenters. The molecule has 7 nitrogen and oxygen atoms in total. The maximum Gasteiger partial charge on any atom is 0.328 e. The fourth-order valence-electron chi connectivity index (χ4n) is 5.70. The van der Waals surface area contributed by atoms with Gasteiger partial charge in [-0.2, -0.15) is 0 Å². The third-order valence-corrected chi connectivity index (χ3v) is 8.11. The average molecular weight is 510 g/mol. The maximum absolute atomic E-state index is 12.6. The minimum atomic E-state index is -0.997. The molecule has 0 aromatic carbocycles. The first-order chi connectivity index (χ1) is 17.3. The van der Waals surface area contributed by atoms with E-state index in [2.05, 4.69) is 6.92 Å². The van der Waals surface area contributed by atoms with Crippen LogP contribution < -0.4 is 0 Å². The van der Waals surface area contributed by atoms with Crippen LogP contribution in [0.2, 0.25) is 0 Å². The van der Waals surface area contributed by atoms with Crippen LogP contribution >= 0.6 is 0 Å². The average Bonchev–Trinajstić information content (AvgIpc) is 3.33. The van der Waals surface area contributed by atoms with E-state index in [-0.39, 0.29) is 18.9 Å². The highest BCUT2D eigenvalue weighted by Gasteiger charge is 2.53. The topological polar surface area (TPSA) is 93.1 Å². The number of rotatable bonds is 19. The molecular formula is C29H51NO6. The molecule has 2 fully saturated rings. The Labute approximate surface area is 218 Å². The number of amides is 1. The van der Waals surface area contributed by atoms with Gasteiger partial charge in [-0.3, -0.25) is 9.59 Å². The van der Waals surface area contributed by atoms with Gasteiger partial charge < -0.3 is 19.5 Å². The summed E-state index contributed by atoms with van der Waals surface area (Å²) in [5.41, 5.74) is -0.943. The summed E-state index contributed by atoms with van der Waals surface area (Å²) in [5.74, 6) is -2.00. The summed E-state index contributed by atoms with van der Waals surface area (Å²) in [6.45, 7) is 4.04. The van der Waals surface area contributed by atoms with Crippen LogP contribution in [0.1, 0.15) is 129 Å². The second kappa shape index (κ2) is 16.3. The fourth-order valence-corrected chi connectivity index (χ4v) is 5.70. The van der Waals surface area contributed by atoms with E-state index in [0.717, 1.165) is 19.3 Å². The van der Waals surface area contributed by atoms with Gasteiger partial charge in [-0.1, -0.05) is 96.8 Å². The van der Waals surface area contributed by atoms with Crippen LogP contribution in [0.15, 0.2) is 0 Å². The number of hydrogen-bond acceptors (Lipinski definition) is 6. The quantitative estimate of drug-likeness (QED) is 0.177. The lowest BCUT2D eigenvalue weighted by atomic mass is 9.87. The zero-order valence-corrected chi connectivity index (χ0v) is 23.1. The SMILES string of the molecule is CCCCCCCCCCCCCCCCCC1(C)OC(=O)C(CN2C(=O)CCC2C(=O)OC)C1O. The van der Waals surface area contributed by atoms with Crippen LogP contribution in [0.3, 0.4) is 0 Å². The second-order valence-electron chi connectivity index (χ2n) is 11.1. The van der Waals surface area contributed by atoms with Crippen molar-refractivity contribution in [2.45, 2.75) is 147 Å². The van der Waals surface area contributed by atoms with Crippen molar-refractivity contribution in [3.05, 3.63) is 0 Å². The largest absolute Gasteiger partial charge is 0.467 e. The Hall–Kier alpha value is -1.63. The van der Waals surface area contributed by atoms with E-state index in [0.29, 0.717) is 12.8 Å². The molecule has 4 atom stereocenters. The molecule has 1 N–H and O–H groups in total. The van der Waals surface area contributed by atoms with Gasteiger partial charge in [0.25, 0.3) is 0 Å². The number of hydrogen-bond donors (Lipinski definition) is 1. The zero-order chi connectivity index (χ0) is 26.4. The van der Waals surface area contributed by atoms with Crippen molar-refractivity contribution in [3.8, 4) is 0 Å². The highest BCUT2D eigenvalue weighted by molar-refractivity contribution is 5.88. The molecule has 0 bridgehead atoms. The summed E-state index contributed by atoms with van der Waals surface area (Å²) in [6.07, 6.45) is 19.5. The molecule has 0 aromatic heterocycles. The molecule has 0 aromatic rings. The molecular weight excluding hydrogens is 458 g/mol. The van der Waals surface area contributed by atoms with Crippen molar-refractivity contribution >= 4 is 17.8 Å².